The molecule has 0 unspecified atom stereocenters. The van der Waals surface area contributed by atoms with Crippen molar-refractivity contribution in [3.05, 3.63) is 47.3 Å². The molecule has 23 heavy (non-hydrogen) atoms. The summed E-state index contributed by atoms with van der Waals surface area (Å²) in [6.45, 7) is 4.27. The maximum Gasteiger partial charge on any atom is 0.136 e. The molecule has 1 saturated heterocycles. The number of hydrogen-bond donors (Lipinski definition) is 1. The Labute approximate surface area is 135 Å². The first kappa shape index (κ1) is 15.4. The molecule has 7 heteroatoms. The summed E-state index contributed by atoms with van der Waals surface area (Å²) in [6.07, 6.45) is 6.36. The third kappa shape index (κ3) is 3.62. The van der Waals surface area contributed by atoms with Crippen LogP contribution in [0.1, 0.15) is 11.1 Å². The quantitative estimate of drug-likeness (QED) is 0.852. The minimum Gasteiger partial charge on any atom is -0.460 e. The summed E-state index contributed by atoms with van der Waals surface area (Å²) >= 11 is 0. The highest BCUT2D eigenvalue weighted by molar-refractivity contribution is 5.91. The zero-order valence-electron chi connectivity index (χ0n) is 13.2. The van der Waals surface area contributed by atoms with Crippen LogP contribution in [0.5, 0.6) is 0 Å². The molecule has 0 atom stereocenters. The smallest absolute Gasteiger partial charge is 0.136 e. The van der Waals surface area contributed by atoms with Crippen LogP contribution in [-0.2, 0) is 6.54 Å². The van der Waals surface area contributed by atoms with Crippen LogP contribution in [0.15, 0.2) is 30.9 Å². The Morgan fingerprint density at radius 3 is 2.78 bits per heavy atom. The summed E-state index contributed by atoms with van der Waals surface area (Å²) in [7, 11) is 2.11. The molecule has 0 bridgehead atoms. The van der Waals surface area contributed by atoms with Gasteiger partial charge in [0, 0.05) is 56.7 Å². The lowest BCUT2D eigenvalue weighted by Gasteiger charge is -2.35. The molecule has 7 nitrogen and oxygen atoms in total. The molecule has 120 valence electrons. The second kappa shape index (κ2) is 7.15. The van der Waals surface area contributed by atoms with Crippen molar-refractivity contribution in [2.75, 3.05) is 38.1 Å². The topological polar surface area (TPSA) is 83.1 Å². The number of hydrogen-bond acceptors (Lipinski definition) is 6. The van der Waals surface area contributed by atoms with E-state index < -0.39 is 0 Å². The average molecular weight is 310 g/mol. The second-order valence-corrected chi connectivity index (χ2v) is 5.55. The van der Waals surface area contributed by atoms with Gasteiger partial charge in [-0.05, 0) is 31.0 Å². The summed E-state index contributed by atoms with van der Waals surface area (Å²) in [5.41, 5.74) is 1.70. The Kier molecular flexibility index (Phi) is 4.77. The first-order valence-corrected chi connectivity index (χ1v) is 7.63. The number of anilines is 1. The molecule has 1 N–H and O–H groups in total. The molecular formula is C16H20N7-. The Balaban J connectivity index is 1.78. The average Bonchev–Trinajstić information content (AvgIpc) is 2.61. The van der Waals surface area contributed by atoms with Crippen LogP contribution in [0.3, 0.4) is 0 Å². The summed E-state index contributed by atoms with van der Waals surface area (Å²) < 4.78 is 0. The van der Waals surface area contributed by atoms with Crippen LogP contribution in [0, 0.1) is 5.41 Å². The van der Waals surface area contributed by atoms with Gasteiger partial charge in [0.2, 0.25) is 0 Å². The van der Waals surface area contributed by atoms with E-state index in [0.717, 1.165) is 37.6 Å². The fourth-order valence-electron chi connectivity index (χ4n) is 2.56. The first-order valence-electron chi connectivity index (χ1n) is 7.63. The number of likely N-dealkylation sites (N-methyl/N-ethyl adjacent to an activating group) is 1. The summed E-state index contributed by atoms with van der Waals surface area (Å²) in [5, 5.41) is 12.3. The van der Waals surface area contributed by atoms with Crippen LogP contribution < -0.4 is 4.90 Å². The van der Waals surface area contributed by atoms with Gasteiger partial charge < -0.3 is 25.5 Å². The number of rotatable bonds is 5. The molecular weight excluding hydrogens is 290 g/mol. The Morgan fingerprint density at radius 1 is 1.26 bits per heavy atom. The predicted molar refractivity (Wildman–Crippen MR) is 90.6 cm³/mol. The minimum atomic E-state index is 0.494. The predicted octanol–water partition coefficient (Wildman–Crippen LogP) is 1.83. The monoisotopic (exact) mass is 310 g/mol. The van der Waals surface area contributed by atoms with Crippen molar-refractivity contribution in [3.8, 4) is 0 Å². The lowest BCUT2D eigenvalue weighted by Crippen LogP contribution is -2.45. The van der Waals surface area contributed by atoms with E-state index in [-0.39, 0.29) is 0 Å². The number of nitrogens with one attached hydrogen (secondary N) is 1. The van der Waals surface area contributed by atoms with Crippen molar-refractivity contribution >= 4 is 17.9 Å². The molecule has 0 aromatic carbocycles. The van der Waals surface area contributed by atoms with E-state index in [1.807, 2.05) is 12.1 Å². The third-order valence-electron chi connectivity index (χ3n) is 3.92. The molecule has 1 aliphatic rings. The molecule has 0 amide bonds. The summed E-state index contributed by atoms with van der Waals surface area (Å²) in [5.74, 6) is 1.36. The highest BCUT2D eigenvalue weighted by atomic mass is 15.3. The zero-order chi connectivity index (χ0) is 16.1. The molecule has 0 spiro atoms. The lowest BCUT2D eigenvalue weighted by molar-refractivity contribution is 0.312. The molecule has 0 saturated carbocycles. The molecule has 1 fully saturated rings. The Hall–Kier alpha value is -2.54. The van der Waals surface area contributed by atoms with E-state index >= 15 is 0 Å². The van der Waals surface area contributed by atoms with Crippen molar-refractivity contribution in [2.45, 2.75) is 6.54 Å². The highest BCUT2D eigenvalue weighted by Gasteiger charge is 2.17. The zero-order valence-corrected chi connectivity index (χ0v) is 13.2. The maximum absolute atomic E-state index is 7.75. The normalized spacial score (nSPS) is 15.4. The van der Waals surface area contributed by atoms with E-state index in [0.29, 0.717) is 17.9 Å². The van der Waals surface area contributed by atoms with Crippen molar-refractivity contribution in [3.63, 3.8) is 0 Å². The van der Waals surface area contributed by atoms with Gasteiger partial charge in [-0.3, -0.25) is 4.98 Å². The lowest BCUT2D eigenvalue weighted by atomic mass is 10.2. The molecule has 3 rings (SSSR count). The molecule has 1 aliphatic heterocycles. The van der Waals surface area contributed by atoms with Crippen molar-refractivity contribution in [1.29, 1.82) is 5.41 Å². The van der Waals surface area contributed by atoms with Gasteiger partial charge in [0.1, 0.15) is 5.82 Å². The molecule has 2 aromatic rings. The first-order chi connectivity index (χ1) is 11.3. The number of piperazine rings is 1. The van der Waals surface area contributed by atoms with Gasteiger partial charge in [-0.15, -0.1) is 0 Å². The molecule has 2 aromatic heterocycles. The van der Waals surface area contributed by atoms with E-state index in [1.54, 1.807) is 12.4 Å². The van der Waals surface area contributed by atoms with Crippen molar-refractivity contribution < 1.29 is 0 Å². The molecule has 3 heterocycles. The van der Waals surface area contributed by atoms with Crippen molar-refractivity contribution in [2.24, 2.45) is 0 Å². The second-order valence-electron chi connectivity index (χ2n) is 5.55. The fourth-order valence-corrected chi connectivity index (χ4v) is 2.56. The molecule has 0 aliphatic carbocycles. The maximum atomic E-state index is 7.75. The standard InChI is InChI=1S/C16H20N7/c1-22-5-7-23(8-6-22)16-14(9-17)15(20-12-21-16)19-11-13-3-2-4-18-10-13/h2-4,9-10,12,17H,5-8,11H2,1H3/q-1. The van der Waals surface area contributed by atoms with Gasteiger partial charge in [0.15, 0.2) is 0 Å². The van der Waals surface area contributed by atoms with E-state index in [9.17, 15) is 0 Å². The summed E-state index contributed by atoms with van der Waals surface area (Å²) in [6, 6.07) is 3.86. The van der Waals surface area contributed by atoms with E-state index in [1.165, 1.54) is 12.5 Å². The van der Waals surface area contributed by atoms with Gasteiger partial charge in [0.05, 0.1) is 0 Å². The van der Waals surface area contributed by atoms with Gasteiger partial charge in [-0.2, -0.15) is 0 Å². The fraction of sp³-hybridized carbons (Fsp3) is 0.375. The van der Waals surface area contributed by atoms with Crippen LogP contribution in [0.25, 0.3) is 5.32 Å². The largest absolute Gasteiger partial charge is 0.460 e. The number of nitrogens with zero attached hydrogens (tertiary/aromatic N) is 6. The Morgan fingerprint density at radius 2 is 2.09 bits per heavy atom. The Bertz CT molecular complexity index is 651. The SMILES string of the molecule is CN1CCN(c2ncnc([N-]Cc3cccnc3)c2C=N)CC1. The van der Waals surface area contributed by atoms with E-state index in [2.05, 4.69) is 37.1 Å². The minimum absolute atomic E-state index is 0.494. The van der Waals surface area contributed by atoms with Crippen LogP contribution >= 0.6 is 0 Å². The van der Waals surface area contributed by atoms with Crippen LogP contribution in [0.2, 0.25) is 0 Å². The van der Waals surface area contributed by atoms with Gasteiger partial charge >= 0.3 is 0 Å². The van der Waals surface area contributed by atoms with Crippen molar-refractivity contribution in [1.82, 2.24) is 19.9 Å². The summed E-state index contributed by atoms with van der Waals surface area (Å²) in [4.78, 5) is 17.2. The van der Waals surface area contributed by atoms with E-state index in [4.69, 9.17) is 5.41 Å². The number of aromatic nitrogens is 3. The van der Waals surface area contributed by atoms with Gasteiger partial charge in [-0.1, -0.05) is 6.07 Å². The van der Waals surface area contributed by atoms with Crippen LogP contribution in [-0.4, -0.2) is 59.3 Å². The number of pyridine rings is 1. The highest BCUT2D eigenvalue weighted by Crippen LogP contribution is 2.28. The third-order valence-corrected chi connectivity index (χ3v) is 3.92. The molecule has 0 radical (unpaired) electrons. The van der Waals surface area contributed by atoms with Crippen LogP contribution in [0.4, 0.5) is 11.6 Å². The van der Waals surface area contributed by atoms with Gasteiger partial charge in [-0.25, -0.2) is 4.98 Å². The van der Waals surface area contributed by atoms with Gasteiger partial charge in [0.25, 0.3) is 0 Å².